The molecule has 1 aliphatic carbocycles. The predicted molar refractivity (Wildman–Crippen MR) is 57.5 cm³/mol. The zero-order chi connectivity index (χ0) is 11.1. The molecule has 0 radical (unpaired) electrons. The average Bonchev–Trinajstić information content (AvgIpc) is 2.12. The quantitative estimate of drug-likeness (QED) is 0.827. The van der Waals surface area contributed by atoms with Crippen LogP contribution in [0, 0.1) is 0 Å². The maximum absolute atomic E-state index is 11.3. The molecule has 0 atom stereocenters. The molecule has 0 saturated heterocycles. The largest absolute Gasteiger partial charge is 0.393 e. The number of aliphatic hydroxyl groups is 1. The van der Waals surface area contributed by atoms with Gasteiger partial charge in [0.15, 0.2) is 9.84 Å². The SMILES string of the molecule is CS(=O)(=O)c1cccc(C2CC(O)C2)c1. The molecule has 0 aromatic heterocycles. The lowest BCUT2D eigenvalue weighted by Crippen LogP contribution is -2.26. The number of hydrogen-bond acceptors (Lipinski definition) is 3. The summed E-state index contributed by atoms with van der Waals surface area (Å²) in [6.07, 6.45) is 2.49. The van der Waals surface area contributed by atoms with Crippen molar-refractivity contribution in [3.8, 4) is 0 Å². The standard InChI is InChI=1S/C11H14O3S/c1-15(13,14)11-4-2-3-8(7-11)9-5-10(12)6-9/h2-4,7,9-10,12H,5-6H2,1H3. The molecular formula is C11H14O3S. The van der Waals surface area contributed by atoms with Crippen LogP contribution in [-0.2, 0) is 9.84 Å². The fourth-order valence-corrected chi connectivity index (χ4v) is 2.54. The Labute approximate surface area is 89.7 Å². The molecule has 0 unspecified atom stereocenters. The van der Waals surface area contributed by atoms with Crippen molar-refractivity contribution in [1.82, 2.24) is 0 Å². The molecule has 1 fully saturated rings. The Bertz CT molecular complexity index is 458. The molecule has 0 amide bonds. The van der Waals surface area contributed by atoms with E-state index in [-0.39, 0.29) is 6.10 Å². The van der Waals surface area contributed by atoms with Crippen LogP contribution in [0.4, 0.5) is 0 Å². The normalized spacial score (nSPS) is 26.0. The number of aliphatic hydroxyl groups excluding tert-OH is 1. The second-order valence-electron chi connectivity index (χ2n) is 4.17. The van der Waals surface area contributed by atoms with Crippen molar-refractivity contribution >= 4 is 9.84 Å². The van der Waals surface area contributed by atoms with Crippen molar-refractivity contribution in [3.63, 3.8) is 0 Å². The monoisotopic (exact) mass is 226 g/mol. The fourth-order valence-electron chi connectivity index (χ4n) is 1.86. The van der Waals surface area contributed by atoms with Gasteiger partial charge in [0.1, 0.15) is 0 Å². The van der Waals surface area contributed by atoms with E-state index in [1.54, 1.807) is 18.2 Å². The van der Waals surface area contributed by atoms with Gasteiger partial charge < -0.3 is 5.11 Å². The second kappa shape index (κ2) is 3.61. The Hall–Kier alpha value is -0.870. The first-order valence-electron chi connectivity index (χ1n) is 4.95. The molecule has 1 aliphatic rings. The molecule has 15 heavy (non-hydrogen) atoms. The van der Waals surface area contributed by atoms with Crippen LogP contribution in [0.5, 0.6) is 0 Å². The van der Waals surface area contributed by atoms with Gasteiger partial charge in [-0.15, -0.1) is 0 Å². The highest BCUT2D eigenvalue weighted by Gasteiger charge is 2.28. The van der Waals surface area contributed by atoms with E-state index in [0.717, 1.165) is 18.4 Å². The maximum atomic E-state index is 11.3. The zero-order valence-electron chi connectivity index (χ0n) is 8.55. The van der Waals surface area contributed by atoms with E-state index in [1.165, 1.54) is 6.26 Å². The van der Waals surface area contributed by atoms with Gasteiger partial charge in [-0.3, -0.25) is 0 Å². The van der Waals surface area contributed by atoms with Gasteiger partial charge >= 0.3 is 0 Å². The van der Waals surface area contributed by atoms with Crippen LogP contribution >= 0.6 is 0 Å². The van der Waals surface area contributed by atoms with Gasteiger partial charge in [-0.1, -0.05) is 12.1 Å². The molecule has 82 valence electrons. The Kier molecular flexibility index (Phi) is 2.56. The van der Waals surface area contributed by atoms with Crippen molar-refractivity contribution < 1.29 is 13.5 Å². The Morgan fingerprint density at radius 1 is 1.33 bits per heavy atom. The van der Waals surface area contributed by atoms with Crippen LogP contribution in [0.15, 0.2) is 29.2 Å². The van der Waals surface area contributed by atoms with Crippen molar-refractivity contribution in [2.24, 2.45) is 0 Å². The minimum Gasteiger partial charge on any atom is -0.393 e. The van der Waals surface area contributed by atoms with E-state index < -0.39 is 9.84 Å². The van der Waals surface area contributed by atoms with Crippen LogP contribution in [0.3, 0.4) is 0 Å². The van der Waals surface area contributed by atoms with Crippen molar-refractivity contribution in [1.29, 1.82) is 0 Å². The maximum Gasteiger partial charge on any atom is 0.175 e. The third-order valence-corrected chi connectivity index (χ3v) is 3.98. The van der Waals surface area contributed by atoms with Crippen LogP contribution in [0.1, 0.15) is 24.3 Å². The molecular weight excluding hydrogens is 212 g/mol. The summed E-state index contributed by atoms with van der Waals surface area (Å²) in [5.74, 6) is 0.321. The van der Waals surface area contributed by atoms with Crippen LogP contribution in [0.25, 0.3) is 0 Å². The Morgan fingerprint density at radius 2 is 2.00 bits per heavy atom. The van der Waals surface area contributed by atoms with E-state index in [2.05, 4.69) is 0 Å². The van der Waals surface area contributed by atoms with Crippen molar-refractivity contribution in [2.45, 2.75) is 29.8 Å². The lowest BCUT2D eigenvalue weighted by atomic mass is 9.78. The average molecular weight is 226 g/mol. The molecule has 0 heterocycles. The van der Waals surface area contributed by atoms with Crippen molar-refractivity contribution in [2.75, 3.05) is 6.26 Å². The first-order chi connectivity index (χ1) is 6.97. The Balaban J connectivity index is 2.28. The summed E-state index contributed by atoms with van der Waals surface area (Å²) in [7, 11) is -3.12. The highest BCUT2D eigenvalue weighted by atomic mass is 32.2. The first kappa shape index (κ1) is 10.6. The lowest BCUT2D eigenvalue weighted by Gasteiger charge is -2.31. The van der Waals surface area contributed by atoms with E-state index in [1.807, 2.05) is 6.07 Å². The molecule has 3 nitrogen and oxygen atoms in total. The second-order valence-corrected chi connectivity index (χ2v) is 6.18. The molecule has 1 aromatic carbocycles. The van der Waals surface area contributed by atoms with Gasteiger partial charge in [0, 0.05) is 6.26 Å². The predicted octanol–water partition coefficient (Wildman–Crippen LogP) is 1.33. The summed E-state index contributed by atoms with van der Waals surface area (Å²) in [4.78, 5) is 0.362. The highest BCUT2D eigenvalue weighted by Crippen LogP contribution is 2.37. The summed E-state index contributed by atoms with van der Waals surface area (Å²) in [6, 6.07) is 7.00. The van der Waals surface area contributed by atoms with Gasteiger partial charge in [-0.05, 0) is 36.5 Å². The molecule has 0 aliphatic heterocycles. The molecule has 1 N–H and O–H groups in total. The summed E-state index contributed by atoms with van der Waals surface area (Å²) >= 11 is 0. The molecule has 2 rings (SSSR count). The minimum atomic E-state index is -3.12. The molecule has 0 spiro atoms. The van der Waals surface area contributed by atoms with Gasteiger partial charge in [-0.2, -0.15) is 0 Å². The number of sulfone groups is 1. The fraction of sp³-hybridized carbons (Fsp3) is 0.455. The third-order valence-electron chi connectivity index (χ3n) is 2.87. The summed E-state index contributed by atoms with van der Waals surface area (Å²) in [5, 5.41) is 9.19. The summed E-state index contributed by atoms with van der Waals surface area (Å²) in [5.41, 5.74) is 1.02. The lowest BCUT2D eigenvalue weighted by molar-refractivity contribution is 0.0746. The van der Waals surface area contributed by atoms with Crippen LogP contribution in [-0.4, -0.2) is 25.9 Å². The number of hydrogen-bond donors (Lipinski definition) is 1. The van der Waals surface area contributed by atoms with E-state index >= 15 is 0 Å². The smallest absolute Gasteiger partial charge is 0.175 e. The topological polar surface area (TPSA) is 54.4 Å². The van der Waals surface area contributed by atoms with Crippen molar-refractivity contribution in [3.05, 3.63) is 29.8 Å². The third kappa shape index (κ3) is 2.21. The number of benzene rings is 1. The number of rotatable bonds is 2. The van der Waals surface area contributed by atoms with Gasteiger partial charge in [0.05, 0.1) is 11.0 Å². The van der Waals surface area contributed by atoms with Gasteiger partial charge in [-0.25, -0.2) is 8.42 Å². The van der Waals surface area contributed by atoms with Crippen LogP contribution < -0.4 is 0 Å². The zero-order valence-corrected chi connectivity index (χ0v) is 9.37. The first-order valence-corrected chi connectivity index (χ1v) is 6.84. The highest BCUT2D eigenvalue weighted by molar-refractivity contribution is 7.90. The molecule has 4 heteroatoms. The summed E-state index contributed by atoms with van der Waals surface area (Å²) in [6.45, 7) is 0. The van der Waals surface area contributed by atoms with Gasteiger partial charge in [0.25, 0.3) is 0 Å². The van der Waals surface area contributed by atoms with E-state index in [0.29, 0.717) is 10.8 Å². The Morgan fingerprint density at radius 3 is 2.53 bits per heavy atom. The molecule has 0 bridgehead atoms. The molecule has 1 aromatic rings. The van der Waals surface area contributed by atoms with Gasteiger partial charge in [0.2, 0.25) is 0 Å². The van der Waals surface area contributed by atoms with E-state index in [9.17, 15) is 13.5 Å². The van der Waals surface area contributed by atoms with Crippen LogP contribution in [0.2, 0.25) is 0 Å². The minimum absolute atomic E-state index is 0.211. The molecule has 1 saturated carbocycles. The van der Waals surface area contributed by atoms with E-state index in [4.69, 9.17) is 0 Å². The summed E-state index contributed by atoms with van der Waals surface area (Å²) < 4.78 is 22.7.